The first kappa shape index (κ1) is 13.7. The van der Waals surface area contributed by atoms with Crippen molar-refractivity contribution < 1.29 is 0 Å². The molecule has 1 heterocycles. The van der Waals surface area contributed by atoms with Gasteiger partial charge in [0.2, 0.25) is 0 Å². The Morgan fingerprint density at radius 2 is 2.12 bits per heavy atom. The summed E-state index contributed by atoms with van der Waals surface area (Å²) in [7, 11) is 0. The van der Waals surface area contributed by atoms with Crippen LogP contribution in [-0.2, 0) is 6.42 Å². The number of aromatic nitrogens is 1. The molecule has 90 valence electrons. The van der Waals surface area contributed by atoms with Crippen LogP contribution in [0.5, 0.6) is 0 Å². The molecule has 0 amide bonds. The van der Waals surface area contributed by atoms with Crippen molar-refractivity contribution in [3.63, 3.8) is 0 Å². The van der Waals surface area contributed by atoms with E-state index in [1.165, 1.54) is 12.1 Å². The normalized spacial score (nSPS) is 14.8. The van der Waals surface area contributed by atoms with Gasteiger partial charge < -0.3 is 5.32 Å². The summed E-state index contributed by atoms with van der Waals surface area (Å²) in [5.41, 5.74) is 1.17. The molecular formula is C13H21BrN2. The third-order valence-corrected chi connectivity index (χ3v) is 3.38. The van der Waals surface area contributed by atoms with Crippen LogP contribution in [-0.4, -0.2) is 17.6 Å². The minimum atomic E-state index is 0.593. The van der Waals surface area contributed by atoms with Gasteiger partial charge in [-0.05, 0) is 53.4 Å². The second kappa shape index (κ2) is 7.02. The van der Waals surface area contributed by atoms with Crippen LogP contribution in [0.15, 0.2) is 22.8 Å². The van der Waals surface area contributed by atoms with E-state index in [9.17, 15) is 0 Å². The first-order valence-corrected chi connectivity index (χ1v) is 6.80. The van der Waals surface area contributed by atoms with Crippen molar-refractivity contribution in [3.05, 3.63) is 28.5 Å². The summed E-state index contributed by atoms with van der Waals surface area (Å²) in [5, 5.41) is 3.53. The van der Waals surface area contributed by atoms with Crippen LogP contribution in [0.1, 0.15) is 32.9 Å². The largest absolute Gasteiger partial charge is 0.314 e. The van der Waals surface area contributed by atoms with Crippen molar-refractivity contribution >= 4 is 15.9 Å². The zero-order valence-electron chi connectivity index (χ0n) is 10.3. The SMILES string of the molecule is CCNC(CC)C(C)Cc1ccc(Br)cn1. The van der Waals surface area contributed by atoms with Gasteiger partial charge in [0.05, 0.1) is 0 Å². The zero-order chi connectivity index (χ0) is 12.0. The molecule has 0 fully saturated rings. The van der Waals surface area contributed by atoms with Gasteiger partial charge in [-0.25, -0.2) is 0 Å². The van der Waals surface area contributed by atoms with E-state index in [0.29, 0.717) is 12.0 Å². The summed E-state index contributed by atoms with van der Waals surface area (Å²) >= 11 is 3.40. The van der Waals surface area contributed by atoms with Crippen LogP contribution in [0.3, 0.4) is 0 Å². The fourth-order valence-corrected chi connectivity index (χ4v) is 2.24. The quantitative estimate of drug-likeness (QED) is 0.866. The minimum Gasteiger partial charge on any atom is -0.314 e. The van der Waals surface area contributed by atoms with Gasteiger partial charge in [-0.2, -0.15) is 0 Å². The van der Waals surface area contributed by atoms with Crippen LogP contribution in [0, 0.1) is 5.92 Å². The third kappa shape index (κ3) is 4.22. The molecule has 16 heavy (non-hydrogen) atoms. The first-order chi connectivity index (χ1) is 7.67. The molecule has 0 aliphatic carbocycles. The highest BCUT2D eigenvalue weighted by atomic mass is 79.9. The van der Waals surface area contributed by atoms with Gasteiger partial charge >= 0.3 is 0 Å². The molecule has 0 saturated carbocycles. The van der Waals surface area contributed by atoms with Crippen molar-refractivity contribution in [1.29, 1.82) is 0 Å². The van der Waals surface area contributed by atoms with Crippen LogP contribution < -0.4 is 5.32 Å². The van der Waals surface area contributed by atoms with Gasteiger partial charge in [0, 0.05) is 22.4 Å². The fraction of sp³-hybridized carbons (Fsp3) is 0.615. The van der Waals surface area contributed by atoms with Crippen molar-refractivity contribution in [2.24, 2.45) is 5.92 Å². The molecule has 0 aromatic carbocycles. The first-order valence-electron chi connectivity index (χ1n) is 6.01. The van der Waals surface area contributed by atoms with Gasteiger partial charge in [0.1, 0.15) is 0 Å². The highest BCUT2D eigenvalue weighted by molar-refractivity contribution is 9.10. The molecule has 3 heteroatoms. The summed E-state index contributed by atoms with van der Waals surface area (Å²) in [6.07, 6.45) is 4.08. The molecule has 1 rings (SSSR count). The minimum absolute atomic E-state index is 0.593. The molecule has 0 radical (unpaired) electrons. The Morgan fingerprint density at radius 1 is 1.38 bits per heavy atom. The van der Waals surface area contributed by atoms with Crippen LogP contribution in [0.4, 0.5) is 0 Å². The Labute approximate surface area is 107 Å². The molecule has 0 spiro atoms. The molecule has 1 N–H and O–H groups in total. The average Bonchev–Trinajstić information content (AvgIpc) is 2.29. The van der Waals surface area contributed by atoms with Crippen LogP contribution in [0.25, 0.3) is 0 Å². The lowest BCUT2D eigenvalue weighted by molar-refractivity contribution is 0.368. The fourth-order valence-electron chi connectivity index (χ4n) is 2.01. The average molecular weight is 285 g/mol. The van der Waals surface area contributed by atoms with Gasteiger partial charge in [0.15, 0.2) is 0 Å². The number of nitrogens with one attached hydrogen (secondary N) is 1. The number of pyridine rings is 1. The van der Waals surface area contributed by atoms with E-state index in [2.05, 4.69) is 59.1 Å². The number of nitrogens with zero attached hydrogens (tertiary/aromatic N) is 1. The van der Waals surface area contributed by atoms with E-state index < -0.39 is 0 Å². The Bertz CT molecular complexity index is 297. The summed E-state index contributed by atoms with van der Waals surface area (Å²) in [5.74, 6) is 0.624. The lowest BCUT2D eigenvalue weighted by Gasteiger charge is -2.23. The maximum absolute atomic E-state index is 4.42. The van der Waals surface area contributed by atoms with E-state index in [-0.39, 0.29) is 0 Å². The monoisotopic (exact) mass is 284 g/mol. The number of hydrogen-bond acceptors (Lipinski definition) is 2. The topological polar surface area (TPSA) is 24.9 Å². The van der Waals surface area contributed by atoms with Crippen molar-refractivity contribution in [3.8, 4) is 0 Å². The molecular weight excluding hydrogens is 264 g/mol. The Kier molecular flexibility index (Phi) is 5.99. The molecule has 0 bridgehead atoms. The second-order valence-electron chi connectivity index (χ2n) is 4.22. The van der Waals surface area contributed by atoms with Gasteiger partial charge in [-0.3, -0.25) is 4.98 Å². The number of hydrogen-bond donors (Lipinski definition) is 1. The highest BCUT2D eigenvalue weighted by Gasteiger charge is 2.14. The summed E-state index contributed by atoms with van der Waals surface area (Å²) < 4.78 is 1.04. The molecule has 0 saturated heterocycles. The van der Waals surface area contributed by atoms with Gasteiger partial charge in [-0.1, -0.05) is 20.8 Å². The Balaban J connectivity index is 2.55. The van der Waals surface area contributed by atoms with E-state index in [4.69, 9.17) is 0 Å². The van der Waals surface area contributed by atoms with Crippen molar-refractivity contribution in [2.75, 3.05) is 6.54 Å². The van der Waals surface area contributed by atoms with Crippen LogP contribution >= 0.6 is 15.9 Å². The zero-order valence-corrected chi connectivity index (χ0v) is 11.9. The van der Waals surface area contributed by atoms with Gasteiger partial charge in [0.25, 0.3) is 0 Å². The molecule has 2 atom stereocenters. The molecule has 0 aliphatic heterocycles. The number of rotatable bonds is 6. The van der Waals surface area contributed by atoms with Crippen molar-refractivity contribution in [2.45, 2.75) is 39.7 Å². The van der Waals surface area contributed by atoms with Gasteiger partial charge in [-0.15, -0.1) is 0 Å². The standard InChI is InChI=1S/C13H21BrN2/c1-4-13(15-5-2)10(3)8-12-7-6-11(14)9-16-12/h6-7,9-10,13,15H,4-5,8H2,1-3H3. The predicted molar refractivity (Wildman–Crippen MR) is 72.6 cm³/mol. The van der Waals surface area contributed by atoms with Crippen LogP contribution in [0.2, 0.25) is 0 Å². The van der Waals surface area contributed by atoms with E-state index in [1.807, 2.05) is 6.20 Å². The summed E-state index contributed by atoms with van der Waals surface area (Å²) in [6, 6.07) is 4.75. The summed E-state index contributed by atoms with van der Waals surface area (Å²) in [6.45, 7) is 7.73. The van der Waals surface area contributed by atoms with E-state index >= 15 is 0 Å². The smallest absolute Gasteiger partial charge is 0.0413 e. The molecule has 1 aromatic rings. The highest BCUT2D eigenvalue weighted by Crippen LogP contribution is 2.14. The maximum atomic E-state index is 4.42. The lowest BCUT2D eigenvalue weighted by atomic mass is 9.94. The summed E-state index contributed by atoms with van der Waals surface area (Å²) in [4.78, 5) is 4.42. The molecule has 2 unspecified atom stereocenters. The molecule has 2 nitrogen and oxygen atoms in total. The predicted octanol–water partition coefficient (Wildman–Crippen LogP) is 3.41. The van der Waals surface area contributed by atoms with E-state index in [1.54, 1.807) is 0 Å². The van der Waals surface area contributed by atoms with E-state index in [0.717, 1.165) is 17.4 Å². The Morgan fingerprint density at radius 3 is 2.62 bits per heavy atom. The Hall–Kier alpha value is -0.410. The second-order valence-corrected chi connectivity index (χ2v) is 5.14. The number of halogens is 1. The third-order valence-electron chi connectivity index (χ3n) is 2.91. The van der Waals surface area contributed by atoms with Crippen molar-refractivity contribution in [1.82, 2.24) is 10.3 Å². The molecule has 0 aliphatic rings. The molecule has 1 aromatic heterocycles. The maximum Gasteiger partial charge on any atom is 0.0413 e. The lowest BCUT2D eigenvalue weighted by Crippen LogP contribution is -2.35.